The molecular formula is C11H14N4O. The van der Waals surface area contributed by atoms with Gasteiger partial charge in [0, 0.05) is 13.1 Å². The van der Waals surface area contributed by atoms with E-state index in [9.17, 15) is 5.11 Å². The number of hydrogen-bond acceptors (Lipinski definition) is 4. The molecule has 0 radical (unpaired) electrons. The number of β-amino-alcohol motifs (C(OH)–C–C–N with tert-alkyl or cyclic N) is 1. The molecule has 1 N–H and O–H groups in total. The van der Waals surface area contributed by atoms with E-state index in [1.54, 1.807) is 6.33 Å². The normalized spacial score (nSPS) is 21.6. The Labute approximate surface area is 93.3 Å². The van der Waals surface area contributed by atoms with Gasteiger partial charge in [-0.15, -0.1) is 10.2 Å². The summed E-state index contributed by atoms with van der Waals surface area (Å²) in [6.45, 7) is 1.67. The monoisotopic (exact) mass is 218 g/mol. The average Bonchev–Trinajstić information content (AvgIpc) is 2.76. The molecule has 1 aliphatic rings. The molecule has 0 bridgehead atoms. The summed E-state index contributed by atoms with van der Waals surface area (Å²) >= 11 is 0. The average molecular weight is 218 g/mol. The zero-order valence-corrected chi connectivity index (χ0v) is 8.95. The molecule has 84 valence electrons. The number of fused-ring (bicyclic) bond motifs is 1. The van der Waals surface area contributed by atoms with Crippen LogP contribution in [-0.2, 0) is 0 Å². The van der Waals surface area contributed by atoms with E-state index in [4.69, 9.17) is 0 Å². The third kappa shape index (κ3) is 1.53. The molecule has 1 atom stereocenters. The first kappa shape index (κ1) is 9.59. The molecule has 0 amide bonds. The Balaban J connectivity index is 2.01. The Morgan fingerprint density at radius 1 is 1.38 bits per heavy atom. The van der Waals surface area contributed by atoms with Crippen molar-refractivity contribution >= 4 is 11.5 Å². The van der Waals surface area contributed by atoms with E-state index < -0.39 is 0 Å². The fraction of sp³-hybridized carbons (Fsp3) is 0.455. The highest BCUT2D eigenvalue weighted by atomic mass is 16.3. The number of rotatable bonds is 1. The van der Waals surface area contributed by atoms with Gasteiger partial charge in [-0.2, -0.15) is 0 Å². The highest BCUT2D eigenvalue weighted by Gasteiger charge is 2.19. The zero-order valence-electron chi connectivity index (χ0n) is 8.95. The molecule has 0 aliphatic carbocycles. The van der Waals surface area contributed by atoms with Gasteiger partial charge in [0.2, 0.25) is 0 Å². The van der Waals surface area contributed by atoms with Gasteiger partial charge in [-0.25, -0.2) is 0 Å². The van der Waals surface area contributed by atoms with E-state index >= 15 is 0 Å². The highest BCUT2D eigenvalue weighted by molar-refractivity contribution is 5.50. The maximum atomic E-state index is 9.68. The van der Waals surface area contributed by atoms with Crippen LogP contribution in [0.4, 0.5) is 5.82 Å². The second kappa shape index (κ2) is 3.75. The molecular weight excluding hydrogens is 204 g/mol. The fourth-order valence-electron chi connectivity index (χ4n) is 2.26. The van der Waals surface area contributed by atoms with Gasteiger partial charge < -0.3 is 10.0 Å². The Bertz CT molecular complexity index is 495. The minimum Gasteiger partial charge on any atom is -0.391 e. The Hall–Kier alpha value is -1.62. The quantitative estimate of drug-likeness (QED) is 0.765. The van der Waals surface area contributed by atoms with Gasteiger partial charge in [0.05, 0.1) is 6.10 Å². The van der Waals surface area contributed by atoms with E-state index in [0.29, 0.717) is 6.54 Å². The molecule has 1 saturated heterocycles. The molecule has 1 aliphatic heterocycles. The van der Waals surface area contributed by atoms with Crippen molar-refractivity contribution in [2.24, 2.45) is 0 Å². The number of aromatic nitrogens is 3. The molecule has 2 aromatic heterocycles. The van der Waals surface area contributed by atoms with Gasteiger partial charge in [0.15, 0.2) is 5.65 Å². The van der Waals surface area contributed by atoms with Crippen LogP contribution >= 0.6 is 0 Å². The molecule has 3 heterocycles. The van der Waals surface area contributed by atoms with Gasteiger partial charge in [0.25, 0.3) is 0 Å². The van der Waals surface area contributed by atoms with Crippen LogP contribution in [0.3, 0.4) is 0 Å². The molecule has 16 heavy (non-hydrogen) atoms. The van der Waals surface area contributed by atoms with Crippen LogP contribution in [0.2, 0.25) is 0 Å². The van der Waals surface area contributed by atoms with Crippen LogP contribution in [0.1, 0.15) is 12.8 Å². The fourth-order valence-corrected chi connectivity index (χ4v) is 2.26. The lowest BCUT2D eigenvalue weighted by Crippen LogP contribution is -2.39. The molecule has 1 fully saturated rings. The number of hydrogen-bond donors (Lipinski definition) is 1. The summed E-state index contributed by atoms with van der Waals surface area (Å²) in [6, 6.07) is 5.94. The number of piperidine rings is 1. The van der Waals surface area contributed by atoms with Crippen LogP contribution in [0.25, 0.3) is 5.65 Å². The van der Waals surface area contributed by atoms with Crippen LogP contribution in [0.5, 0.6) is 0 Å². The predicted molar refractivity (Wildman–Crippen MR) is 60.4 cm³/mol. The van der Waals surface area contributed by atoms with E-state index in [2.05, 4.69) is 15.1 Å². The maximum absolute atomic E-state index is 9.68. The summed E-state index contributed by atoms with van der Waals surface area (Å²) in [5.41, 5.74) is 0.845. The summed E-state index contributed by atoms with van der Waals surface area (Å²) < 4.78 is 1.96. The van der Waals surface area contributed by atoms with E-state index in [1.807, 2.05) is 22.6 Å². The van der Waals surface area contributed by atoms with Gasteiger partial charge in [-0.05, 0) is 25.0 Å². The second-order valence-corrected chi connectivity index (χ2v) is 4.19. The molecule has 2 aromatic rings. The Kier molecular flexibility index (Phi) is 2.25. The van der Waals surface area contributed by atoms with Crippen molar-refractivity contribution in [2.75, 3.05) is 18.0 Å². The number of nitrogens with zero attached hydrogens (tertiary/aromatic N) is 4. The van der Waals surface area contributed by atoms with E-state index in [1.165, 1.54) is 0 Å². The predicted octanol–water partition coefficient (Wildman–Crippen LogP) is 0.690. The van der Waals surface area contributed by atoms with Crippen LogP contribution < -0.4 is 4.90 Å². The molecule has 5 heteroatoms. The van der Waals surface area contributed by atoms with Crippen LogP contribution in [0, 0.1) is 0 Å². The van der Waals surface area contributed by atoms with Crippen molar-refractivity contribution in [2.45, 2.75) is 18.9 Å². The molecule has 0 spiro atoms. The van der Waals surface area contributed by atoms with Gasteiger partial charge in [-0.1, -0.05) is 6.07 Å². The van der Waals surface area contributed by atoms with Crippen molar-refractivity contribution in [3.63, 3.8) is 0 Å². The van der Waals surface area contributed by atoms with E-state index in [0.717, 1.165) is 30.9 Å². The van der Waals surface area contributed by atoms with Crippen molar-refractivity contribution in [1.29, 1.82) is 0 Å². The number of pyridine rings is 1. The summed E-state index contributed by atoms with van der Waals surface area (Å²) in [7, 11) is 0. The smallest absolute Gasteiger partial charge is 0.162 e. The zero-order chi connectivity index (χ0) is 11.0. The SMILES string of the molecule is O[C@@H]1CCCN(c2cccc3nncn23)C1. The largest absolute Gasteiger partial charge is 0.391 e. The molecule has 3 rings (SSSR count). The number of anilines is 1. The van der Waals surface area contributed by atoms with Gasteiger partial charge in [0.1, 0.15) is 12.1 Å². The standard InChI is InChI=1S/C11H14N4O/c16-9-3-2-6-14(7-9)11-5-1-4-10-13-12-8-15(10)11/h1,4-5,8-9,16H,2-3,6-7H2/t9-/m1/s1. The minimum atomic E-state index is -0.222. The Morgan fingerprint density at radius 3 is 3.19 bits per heavy atom. The van der Waals surface area contributed by atoms with Crippen molar-refractivity contribution in [3.05, 3.63) is 24.5 Å². The molecule has 0 saturated carbocycles. The van der Waals surface area contributed by atoms with Crippen LogP contribution in [0.15, 0.2) is 24.5 Å². The lowest BCUT2D eigenvalue weighted by atomic mass is 10.1. The van der Waals surface area contributed by atoms with E-state index in [-0.39, 0.29) is 6.10 Å². The van der Waals surface area contributed by atoms with Gasteiger partial charge in [-0.3, -0.25) is 4.40 Å². The first-order chi connectivity index (χ1) is 7.84. The number of aliphatic hydroxyl groups is 1. The second-order valence-electron chi connectivity index (χ2n) is 4.19. The number of aliphatic hydroxyl groups excluding tert-OH is 1. The first-order valence-electron chi connectivity index (χ1n) is 5.56. The lowest BCUT2D eigenvalue weighted by molar-refractivity contribution is 0.153. The maximum Gasteiger partial charge on any atom is 0.162 e. The van der Waals surface area contributed by atoms with Crippen molar-refractivity contribution in [1.82, 2.24) is 14.6 Å². The third-order valence-electron chi connectivity index (χ3n) is 3.03. The van der Waals surface area contributed by atoms with Crippen molar-refractivity contribution in [3.8, 4) is 0 Å². The summed E-state index contributed by atoms with van der Waals surface area (Å²) in [4.78, 5) is 2.19. The molecule has 0 aromatic carbocycles. The lowest BCUT2D eigenvalue weighted by Gasteiger charge is -2.32. The summed E-state index contributed by atoms with van der Waals surface area (Å²) in [5.74, 6) is 1.06. The first-order valence-corrected chi connectivity index (χ1v) is 5.56. The van der Waals surface area contributed by atoms with Crippen molar-refractivity contribution < 1.29 is 5.11 Å². The highest BCUT2D eigenvalue weighted by Crippen LogP contribution is 2.20. The topological polar surface area (TPSA) is 53.7 Å². The molecule has 0 unspecified atom stereocenters. The summed E-state index contributed by atoms with van der Waals surface area (Å²) in [6.07, 6.45) is 3.42. The molecule has 5 nitrogen and oxygen atoms in total. The minimum absolute atomic E-state index is 0.222. The summed E-state index contributed by atoms with van der Waals surface area (Å²) in [5, 5.41) is 17.6. The Morgan fingerprint density at radius 2 is 2.31 bits per heavy atom. The third-order valence-corrected chi connectivity index (χ3v) is 3.03. The van der Waals surface area contributed by atoms with Gasteiger partial charge >= 0.3 is 0 Å². The van der Waals surface area contributed by atoms with Crippen LogP contribution in [-0.4, -0.2) is 38.9 Å².